The van der Waals surface area contributed by atoms with Crippen molar-refractivity contribution in [2.45, 2.75) is 32.6 Å². The van der Waals surface area contributed by atoms with E-state index in [1.807, 2.05) is 0 Å². The Labute approximate surface area is 105 Å². The largest absolute Gasteiger partial charge is 0.361 e. The SMILES string of the molecule is CC(C)c1ccc2[nH]cc(CCCBr)c2c1. The molecule has 16 heavy (non-hydrogen) atoms. The Balaban J connectivity index is 2.39. The van der Waals surface area contributed by atoms with Crippen molar-refractivity contribution in [2.24, 2.45) is 0 Å². The lowest BCUT2D eigenvalue weighted by atomic mass is 9.99. The highest BCUT2D eigenvalue weighted by molar-refractivity contribution is 9.09. The predicted molar refractivity (Wildman–Crippen MR) is 74.5 cm³/mol. The Morgan fingerprint density at radius 2 is 2.12 bits per heavy atom. The minimum absolute atomic E-state index is 0.600. The molecule has 1 heterocycles. The van der Waals surface area contributed by atoms with Crippen molar-refractivity contribution < 1.29 is 0 Å². The molecule has 0 atom stereocenters. The number of fused-ring (bicyclic) bond motifs is 1. The first kappa shape index (κ1) is 11.7. The van der Waals surface area contributed by atoms with Gasteiger partial charge >= 0.3 is 0 Å². The zero-order chi connectivity index (χ0) is 11.5. The van der Waals surface area contributed by atoms with E-state index in [9.17, 15) is 0 Å². The van der Waals surface area contributed by atoms with Gasteiger partial charge in [0.05, 0.1) is 0 Å². The number of H-pyrrole nitrogens is 1. The van der Waals surface area contributed by atoms with Gasteiger partial charge in [0.15, 0.2) is 0 Å². The Kier molecular flexibility index (Phi) is 3.70. The molecule has 0 amide bonds. The van der Waals surface area contributed by atoms with Crippen molar-refractivity contribution in [2.75, 3.05) is 5.33 Å². The fraction of sp³-hybridized carbons (Fsp3) is 0.429. The van der Waals surface area contributed by atoms with Gasteiger partial charge in [-0.05, 0) is 42.0 Å². The van der Waals surface area contributed by atoms with Crippen LogP contribution >= 0.6 is 15.9 Å². The number of halogens is 1. The maximum Gasteiger partial charge on any atom is 0.0456 e. The molecular formula is C14H18BrN. The van der Waals surface area contributed by atoms with Gasteiger partial charge < -0.3 is 4.98 Å². The summed E-state index contributed by atoms with van der Waals surface area (Å²) in [5, 5.41) is 2.47. The van der Waals surface area contributed by atoms with Crippen molar-refractivity contribution in [1.82, 2.24) is 4.98 Å². The number of hydrogen-bond acceptors (Lipinski definition) is 0. The van der Waals surface area contributed by atoms with E-state index < -0.39 is 0 Å². The average Bonchev–Trinajstić information content (AvgIpc) is 2.68. The number of nitrogens with one attached hydrogen (secondary N) is 1. The summed E-state index contributed by atoms with van der Waals surface area (Å²) in [6.45, 7) is 4.48. The lowest BCUT2D eigenvalue weighted by molar-refractivity contribution is 0.868. The van der Waals surface area contributed by atoms with Crippen LogP contribution in [0.1, 0.15) is 37.3 Å². The zero-order valence-corrected chi connectivity index (χ0v) is 11.5. The quantitative estimate of drug-likeness (QED) is 0.787. The fourth-order valence-electron chi connectivity index (χ4n) is 2.02. The Bertz CT molecular complexity index is 471. The standard InChI is InChI=1S/C14H18BrN/c1-10(2)11-5-6-14-13(8-11)12(9-16-14)4-3-7-15/h5-6,8-10,16H,3-4,7H2,1-2H3. The van der Waals surface area contributed by atoms with Crippen LogP contribution in [-0.2, 0) is 6.42 Å². The van der Waals surface area contributed by atoms with E-state index in [-0.39, 0.29) is 0 Å². The van der Waals surface area contributed by atoms with Crippen molar-refractivity contribution in [3.8, 4) is 0 Å². The average molecular weight is 280 g/mol. The van der Waals surface area contributed by atoms with Gasteiger partial charge in [-0.25, -0.2) is 0 Å². The summed E-state index contributed by atoms with van der Waals surface area (Å²) in [5.41, 5.74) is 4.12. The van der Waals surface area contributed by atoms with E-state index in [0.29, 0.717) is 5.92 Å². The summed E-state index contributed by atoms with van der Waals surface area (Å²) in [6.07, 6.45) is 4.49. The summed E-state index contributed by atoms with van der Waals surface area (Å²) >= 11 is 3.49. The molecule has 0 aliphatic carbocycles. The Hall–Kier alpha value is -0.760. The Morgan fingerprint density at radius 1 is 1.31 bits per heavy atom. The second-order valence-corrected chi connectivity index (χ2v) is 5.36. The summed E-state index contributed by atoms with van der Waals surface area (Å²) in [6, 6.07) is 6.75. The van der Waals surface area contributed by atoms with Gasteiger partial charge in [-0.1, -0.05) is 35.8 Å². The van der Waals surface area contributed by atoms with Crippen LogP contribution in [0.2, 0.25) is 0 Å². The van der Waals surface area contributed by atoms with Crippen LogP contribution in [0.3, 0.4) is 0 Å². The van der Waals surface area contributed by atoms with Crippen LogP contribution in [0.5, 0.6) is 0 Å². The second-order valence-electron chi connectivity index (χ2n) is 4.57. The lowest BCUT2D eigenvalue weighted by Crippen LogP contribution is -1.88. The van der Waals surface area contributed by atoms with Gasteiger partial charge in [0, 0.05) is 22.4 Å². The molecule has 2 aromatic rings. The maximum atomic E-state index is 3.49. The molecule has 1 nitrogen and oxygen atoms in total. The fourth-order valence-corrected chi connectivity index (χ4v) is 2.30. The number of hydrogen-bond donors (Lipinski definition) is 1. The molecule has 0 bridgehead atoms. The van der Waals surface area contributed by atoms with Crippen LogP contribution in [0, 0.1) is 0 Å². The van der Waals surface area contributed by atoms with Crippen LogP contribution in [0.4, 0.5) is 0 Å². The van der Waals surface area contributed by atoms with E-state index in [0.717, 1.165) is 11.8 Å². The van der Waals surface area contributed by atoms with Gasteiger partial charge in [0.1, 0.15) is 0 Å². The van der Waals surface area contributed by atoms with Gasteiger partial charge in [-0.2, -0.15) is 0 Å². The molecule has 1 aromatic heterocycles. The van der Waals surface area contributed by atoms with Crippen LogP contribution < -0.4 is 0 Å². The smallest absolute Gasteiger partial charge is 0.0456 e. The van der Waals surface area contributed by atoms with Crippen molar-refractivity contribution >= 4 is 26.8 Å². The number of aromatic amines is 1. The Morgan fingerprint density at radius 3 is 2.81 bits per heavy atom. The maximum absolute atomic E-state index is 3.49. The van der Waals surface area contributed by atoms with Gasteiger partial charge in [0.25, 0.3) is 0 Å². The highest BCUT2D eigenvalue weighted by atomic mass is 79.9. The van der Waals surface area contributed by atoms with Gasteiger partial charge in [0.2, 0.25) is 0 Å². The molecule has 0 aliphatic heterocycles. The van der Waals surface area contributed by atoms with E-state index in [2.05, 4.69) is 59.2 Å². The number of aryl methyl sites for hydroxylation is 1. The van der Waals surface area contributed by atoms with Crippen molar-refractivity contribution in [3.05, 3.63) is 35.5 Å². The van der Waals surface area contributed by atoms with Crippen LogP contribution in [0.15, 0.2) is 24.4 Å². The molecule has 0 radical (unpaired) electrons. The number of aromatic nitrogens is 1. The third kappa shape index (κ3) is 2.32. The predicted octanol–water partition coefficient (Wildman–Crippen LogP) is 4.62. The lowest BCUT2D eigenvalue weighted by Gasteiger charge is -2.05. The monoisotopic (exact) mass is 279 g/mol. The van der Waals surface area contributed by atoms with Gasteiger partial charge in [-0.3, -0.25) is 0 Å². The van der Waals surface area contributed by atoms with E-state index in [1.165, 1.54) is 28.5 Å². The molecule has 0 saturated heterocycles. The minimum atomic E-state index is 0.600. The van der Waals surface area contributed by atoms with Gasteiger partial charge in [-0.15, -0.1) is 0 Å². The first-order valence-corrected chi connectivity index (χ1v) is 7.00. The topological polar surface area (TPSA) is 15.8 Å². The molecule has 0 saturated carbocycles. The minimum Gasteiger partial charge on any atom is -0.361 e. The first-order chi connectivity index (χ1) is 7.72. The first-order valence-electron chi connectivity index (χ1n) is 5.88. The van der Waals surface area contributed by atoms with Crippen LogP contribution in [-0.4, -0.2) is 10.3 Å². The molecule has 2 rings (SSSR count). The molecule has 1 aromatic carbocycles. The van der Waals surface area contributed by atoms with E-state index in [1.54, 1.807) is 0 Å². The summed E-state index contributed by atoms with van der Waals surface area (Å²) in [7, 11) is 0. The second kappa shape index (κ2) is 5.05. The van der Waals surface area contributed by atoms with Crippen molar-refractivity contribution in [1.29, 1.82) is 0 Å². The number of benzene rings is 1. The van der Waals surface area contributed by atoms with Crippen LogP contribution in [0.25, 0.3) is 10.9 Å². The van der Waals surface area contributed by atoms with E-state index >= 15 is 0 Å². The molecular weight excluding hydrogens is 262 g/mol. The molecule has 0 spiro atoms. The number of rotatable bonds is 4. The summed E-state index contributed by atoms with van der Waals surface area (Å²) < 4.78 is 0. The molecule has 0 aliphatic rings. The number of alkyl halides is 1. The highest BCUT2D eigenvalue weighted by Crippen LogP contribution is 2.24. The zero-order valence-electron chi connectivity index (χ0n) is 9.89. The molecule has 1 N–H and O–H groups in total. The molecule has 86 valence electrons. The summed E-state index contributed by atoms with van der Waals surface area (Å²) in [5.74, 6) is 0.600. The third-order valence-corrected chi connectivity index (χ3v) is 3.60. The summed E-state index contributed by atoms with van der Waals surface area (Å²) in [4.78, 5) is 3.35. The van der Waals surface area contributed by atoms with Crippen molar-refractivity contribution in [3.63, 3.8) is 0 Å². The molecule has 0 fully saturated rings. The normalized spacial score (nSPS) is 11.5. The van der Waals surface area contributed by atoms with E-state index in [4.69, 9.17) is 0 Å². The molecule has 0 unspecified atom stereocenters. The third-order valence-electron chi connectivity index (χ3n) is 3.04. The highest BCUT2D eigenvalue weighted by Gasteiger charge is 2.06. The molecule has 2 heteroatoms.